The van der Waals surface area contributed by atoms with Gasteiger partial charge in [0.05, 0.1) is 17.7 Å². The smallest absolute Gasteiger partial charge is 0.305 e. The Kier molecular flexibility index (Phi) is 4.32. The van der Waals surface area contributed by atoms with Crippen LogP contribution in [0.4, 0.5) is 0 Å². The van der Waals surface area contributed by atoms with Crippen LogP contribution in [0.15, 0.2) is 12.5 Å². The number of nitrogens with zero attached hydrogens (tertiary/aromatic N) is 3. The molecule has 1 amide bonds. The van der Waals surface area contributed by atoms with Crippen LogP contribution in [-0.4, -0.2) is 44.4 Å². The molecule has 6 heteroatoms. The van der Waals surface area contributed by atoms with Crippen molar-refractivity contribution in [2.24, 2.45) is 0 Å². The molecule has 0 radical (unpaired) electrons. The van der Waals surface area contributed by atoms with E-state index in [0.717, 1.165) is 12.8 Å². The molecule has 6 nitrogen and oxygen atoms in total. The summed E-state index contributed by atoms with van der Waals surface area (Å²) < 4.78 is 0. The Balaban J connectivity index is 2.25. The lowest BCUT2D eigenvalue weighted by Gasteiger charge is -2.24. The largest absolute Gasteiger partial charge is 0.481 e. The van der Waals surface area contributed by atoms with Gasteiger partial charge in [0.2, 0.25) is 0 Å². The Morgan fingerprint density at radius 2 is 2.25 bits per heavy atom. The zero-order valence-corrected chi connectivity index (χ0v) is 11.7. The topological polar surface area (TPSA) is 83.4 Å². The molecule has 1 aromatic heterocycles. The van der Waals surface area contributed by atoms with Crippen LogP contribution in [0, 0.1) is 0 Å². The van der Waals surface area contributed by atoms with E-state index in [2.05, 4.69) is 9.97 Å². The van der Waals surface area contributed by atoms with Gasteiger partial charge in [0.25, 0.3) is 5.91 Å². The second kappa shape index (κ2) is 5.98. The van der Waals surface area contributed by atoms with Gasteiger partial charge in [0.1, 0.15) is 6.33 Å². The minimum Gasteiger partial charge on any atom is -0.481 e. The normalized spacial score (nSPS) is 18.6. The number of hydrogen-bond acceptors (Lipinski definition) is 4. The highest BCUT2D eigenvalue weighted by molar-refractivity contribution is 5.95. The molecule has 0 saturated carbocycles. The Bertz CT molecular complexity index is 516. The quantitative estimate of drug-likeness (QED) is 0.905. The zero-order valence-electron chi connectivity index (χ0n) is 11.7. The van der Waals surface area contributed by atoms with Crippen molar-refractivity contribution in [3.05, 3.63) is 23.8 Å². The van der Waals surface area contributed by atoms with Crippen LogP contribution in [-0.2, 0) is 4.79 Å². The molecule has 1 aliphatic heterocycles. The van der Waals surface area contributed by atoms with Gasteiger partial charge in [-0.1, -0.05) is 13.8 Å². The van der Waals surface area contributed by atoms with Crippen molar-refractivity contribution < 1.29 is 14.7 Å². The minimum atomic E-state index is -0.872. The van der Waals surface area contributed by atoms with Gasteiger partial charge in [-0.05, 0) is 18.8 Å². The molecule has 0 bridgehead atoms. The van der Waals surface area contributed by atoms with Crippen molar-refractivity contribution in [2.75, 3.05) is 6.54 Å². The molecule has 20 heavy (non-hydrogen) atoms. The summed E-state index contributed by atoms with van der Waals surface area (Å²) in [6.07, 6.45) is 4.54. The van der Waals surface area contributed by atoms with Crippen molar-refractivity contribution in [1.82, 2.24) is 14.9 Å². The molecule has 1 N–H and O–H groups in total. The van der Waals surface area contributed by atoms with Crippen LogP contribution in [0.2, 0.25) is 0 Å². The number of aliphatic carboxylic acids is 1. The Labute approximate surface area is 117 Å². The molecule has 108 valence electrons. The molecule has 1 saturated heterocycles. The predicted octanol–water partition coefficient (Wildman–Crippen LogP) is 1.68. The lowest BCUT2D eigenvalue weighted by molar-refractivity contribution is -0.137. The van der Waals surface area contributed by atoms with Crippen LogP contribution in [0.1, 0.15) is 55.1 Å². The molecule has 1 atom stereocenters. The van der Waals surface area contributed by atoms with E-state index >= 15 is 0 Å². The first kappa shape index (κ1) is 14.4. The molecule has 0 unspecified atom stereocenters. The lowest BCUT2D eigenvalue weighted by Crippen LogP contribution is -2.37. The third kappa shape index (κ3) is 2.95. The summed E-state index contributed by atoms with van der Waals surface area (Å²) in [4.78, 5) is 33.3. The van der Waals surface area contributed by atoms with E-state index in [4.69, 9.17) is 5.11 Å². The van der Waals surface area contributed by atoms with E-state index < -0.39 is 5.97 Å². The number of likely N-dealkylation sites (tertiary alicyclic amines) is 1. The number of hydrogen-bond donors (Lipinski definition) is 1. The fourth-order valence-electron chi connectivity index (χ4n) is 2.64. The molecule has 1 aliphatic rings. The van der Waals surface area contributed by atoms with E-state index in [1.54, 1.807) is 4.90 Å². The van der Waals surface area contributed by atoms with Crippen LogP contribution in [0.5, 0.6) is 0 Å². The number of carboxylic acid groups (broad SMARTS) is 1. The maximum Gasteiger partial charge on any atom is 0.305 e. The summed E-state index contributed by atoms with van der Waals surface area (Å²) in [7, 11) is 0. The second-order valence-electron chi connectivity index (χ2n) is 5.37. The Morgan fingerprint density at radius 3 is 2.90 bits per heavy atom. The predicted molar refractivity (Wildman–Crippen MR) is 72.4 cm³/mol. The number of carboxylic acids is 1. The Morgan fingerprint density at radius 1 is 1.50 bits per heavy atom. The van der Waals surface area contributed by atoms with E-state index in [1.165, 1.54) is 12.5 Å². The fraction of sp³-hybridized carbons (Fsp3) is 0.571. The van der Waals surface area contributed by atoms with Gasteiger partial charge in [0.15, 0.2) is 0 Å². The molecule has 2 heterocycles. The minimum absolute atomic E-state index is 0.00353. The van der Waals surface area contributed by atoms with Crippen LogP contribution < -0.4 is 0 Å². The van der Waals surface area contributed by atoms with Crippen LogP contribution in [0.25, 0.3) is 0 Å². The molecule has 0 aromatic carbocycles. The van der Waals surface area contributed by atoms with Crippen molar-refractivity contribution >= 4 is 11.9 Å². The first-order chi connectivity index (χ1) is 9.50. The van der Waals surface area contributed by atoms with Crippen molar-refractivity contribution in [3.63, 3.8) is 0 Å². The van der Waals surface area contributed by atoms with E-state index in [1.807, 2.05) is 13.8 Å². The number of aromatic nitrogens is 2. The van der Waals surface area contributed by atoms with Crippen molar-refractivity contribution in [2.45, 2.75) is 45.1 Å². The van der Waals surface area contributed by atoms with Crippen molar-refractivity contribution in [3.8, 4) is 0 Å². The number of amides is 1. The van der Waals surface area contributed by atoms with Gasteiger partial charge in [-0.3, -0.25) is 9.59 Å². The molecular formula is C14H19N3O3. The number of carbonyl (C=O) groups is 2. The monoisotopic (exact) mass is 277 g/mol. The summed E-state index contributed by atoms with van der Waals surface area (Å²) in [5.41, 5.74) is 1.20. The molecule has 0 spiro atoms. The third-order valence-corrected chi connectivity index (χ3v) is 3.57. The van der Waals surface area contributed by atoms with Gasteiger partial charge in [-0.2, -0.15) is 0 Å². The van der Waals surface area contributed by atoms with Crippen LogP contribution >= 0.6 is 0 Å². The summed E-state index contributed by atoms with van der Waals surface area (Å²) in [6.45, 7) is 4.54. The standard InChI is InChI=1S/C14H19N3O3/c1-9(2)13-11(7-15-8-16-13)14(20)17-5-3-4-10(17)6-12(18)19/h7-10H,3-6H2,1-2H3,(H,18,19)/t10-/m1/s1. The SMILES string of the molecule is CC(C)c1ncncc1C(=O)N1CCC[C@@H]1CC(=O)O. The highest BCUT2D eigenvalue weighted by Gasteiger charge is 2.32. The summed E-state index contributed by atoms with van der Waals surface area (Å²) in [5, 5.41) is 8.92. The van der Waals surface area contributed by atoms with Gasteiger partial charge in [-0.15, -0.1) is 0 Å². The van der Waals surface area contributed by atoms with Crippen LogP contribution in [0.3, 0.4) is 0 Å². The van der Waals surface area contributed by atoms with Gasteiger partial charge in [-0.25, -0.2) is 9.97 Å². The van der Waals surface area contributed by atoms with E-state index in [9.17, 15) is 9.59 Å². The molecule has 0 aliphatic carbocycles. The number of carbonyl (C=O) groups excluding carboxylic acids is 1. The maximum atomic E-state index is 12.6. The summed E-state index contributed by atoms with van der Waals surface area (Å²) >= 11 is 0. The molecule has 1 aromatic rings. The fourth-order valence-corrected chi connectivity index (χ4v) is 2.64. The average molecular weight is 277 g/mol. The Hall–Kier alpha value is -1.98. The average Bonchev–Trinajstić information content (AvgIpc) is 2.85. The second-order valence-corrected chi connectivity index (χ2v) is 5.37. The molecular weight excluding hydrogens is 258 g/mol. The number of rotatable bonds is 4. The lowest BCUT2D eigenvalue weighted by atomic mass is 10.0. The van der Waals surface area contributed by atoms with Gasteiger partial charge < -0.3 is 10.0 Å². The van der Waals surface area contributed by atoms with Gasteiger partial charge in [0, 0.05) is 18.8 Å². The highest BCUT2D eigenvalue weighted by atomic mass is 16.4. The van der Waals surface area contributed by atoms with Crippen molar-refractivity contribution in [1.29, 1.82) is 0 Å². The third-order valence-electron chi connectivity index (χ3n) is 3.57. The summed E-state index contributed by atoms with van der Waals surface area (Å²) in [6, 6.07) is -0.222. The molecule has 1 fully saturated rings. The van der Waals surface area contributed by atoms with E-state index in [-0.39, 0.29) is 24.3 Å². The highest BCUT2D eigenvalue weighted by Crippen LogP contribution is 2.25. The summed E-state index contributed by atoms with van der Waals surface area (Å²) in [5.74, 6) is -0.904. The van der Waals surface area contributed by atoms with E-state index in [0.29, 0.717) is 17.8 Å². The first-order valence-electron chi connectivity index (χ1n) is 6.83. The van der Waals surface area contributed by atoms with Gasteiger partial charge >= 0.3 is 5.97 Å². The molecule has 2 rings (SSSR count). The zero-order chi connectivity index (χ0) is 14.7. The first-order valence-corrected chi connectivity index (χ1v) is 6.83. The maximum absolute atomic E-state index is 12.6.